The normalized spacial score (nSPS) is 26.1. The number of aromatic hydroxyl groups is 2. The van der Waals surface area contributed by atoms with Crippen molar-refractivity contribution in [2.75, 3.05) is 6.61 Å². The summed E-state index contributed by atoms with van der Waals surface area (Å²) >= 11 is 0. The number of fused-ring (bicyclic) bond motifs is 1. The molecule has 3 aromatic rings. The molecule has 0 aliphatic carbocycles. The van der Waals surface area contributed by atoms with Gasteiger partial charge in [-0.05, 0) is 0 Å². The molecule has 10 nitrogen and oxygen atoms in total. The Morgan fingerprint density at radius 2 is 1.65 bits per heavy atom. The van der Waals surface area contributed by atoms with Gasteiger partial charge in [-0.2, -0.15) is 0 Å². The summed E-state index contributed by atoms with van der Waals surface area (Å²) in [7, 11) is 0. The van der Waals surface area contributed by atoms with Crippen molar-refractivity contribution < 1.29 is 44.5 Å². The van der Waals surface area contributed by atoms with E-state index in [4.69, 9.17) is 13.9 Å². The molecule has 1 fully saturated rings. The molecule has 1 aromatic heterocycles. The van der Waals surface area contributed by atoms with Crippen LogP contribution in [0, 0.1) is 0 Å². The number of phenols is 2. The van der Waals surface area contributed by atoms with Crippen molar-refractivity contribution in [2.45, 2.75) is 30.7 Å². The summed E-state index contributed by atoms with van der Waals surface area (Å²) in [5.41, 5.74) is -0.112. The number of rotatable bonds is 4. The molecule has 4 rings (SSSR count). The summed E-state index contributed by atoms with van der Waals surface area (Å²) in [5.74, 6) is -1.82. The molecule has 164 valence electrons. The van der Waals surface area contributed by atoms with Gasteiger partial charge in [0.15, 0.2) is 16.9 Å². The minimum Gasteiger partial charge on any atom is -0.504 e. The van der Waals surface area contributed by atoms with Crippen LogP contribution in [0.4, 0.5) is 0 Å². The van der Waals surface area contributed by atoms with Crippen molar-refractivity contribution in [1.82, 2.24) is 0 Å². The lowest BCUT2D eigenvalue weighted by Crippen LogP contribution is -2.60. The Kier molecular flexibility index (Phi) is 5.56. The molecular formula is C21H20O10. The van der Waals surface area contributed by atoms with E-state index in [-0.39, 0.29) is 16.7 Å². The predicted octanol–water partition coefficient (Wildman–Crippen LogP) is 0.0499. The highest BCUT2D eigenvalue weighted by Crippen LogP contribution is 2.42. The number of aliphatic hydroxyl groups excluding tert-OH is 4. The zero-order valence-electron chi connectivity index (χ0n) is 16.0. The molecule has 6 N–H and O–H groups in total. The fourth-order valence-corrected chi connectivity index (χ4v) is 3.39. The summed E-state index contributed by atoms with van der Waals surface area (Å²) in [6, 6.07) is 11.0. The first-order valence-electron chi connectivity index (χ1n) is 9.37. The SMILES string of the molecule is O=c1cc(-c2ccccc2)oc2cc(OC3O[C@@H](CO)[C@H](O)[C@@H](O)[C@@H]3O)c(O)c(O)c12. The standard InChI is InChI=1S/C21H20O10/c22-8-14-17(25)19(27)20(28)21(31-14)30-13-7-12-15(18(26)16(13)24)10(23)6-11(29-12)9-4-2-1-3-5-9/h1-7,14,17,19-22,24-28H,8H2/t14-,17-,19+,20-,21?/m0/s1. The molecule has 0 amide bonds. The quantitative estimate of drug-likeness (QED) is 0.310. The molecule has 0 radical (unpaired) electrons. The van der Waals surface area contributed by atoms with Crippen LogP contribution in [0.3, 0.4) is 0 Å². The average Bonchev–Trinajstić information content (AvgIpc) is 2.77. The van der Waals surface area contributed by atoms with Gasteiger partial charge in [-0.1, -0.05) is 30.3 Å². The fourth-order valence-electron chi connectivity index (χ4n) is 3.39. The van der Waals surface area contributed by atoms with Crippen molar-refractivity contribution in [2.24, 2.45) is 0 Å². The van der Waals surface area contributed by atoms with Crippen LogP contribution < -0.4 is 10.2 Å². The highest BCUT2D eigenvalue weighted by molar-refractivity contribution is 5.89. The fraction of sp³-hybridized carbons (Fsp3) is 0.286. The predicted molar refractivity (Wildman–Crippen MR) is 106 cm³/mol. The lowest BCUT2D eigenvalue weighted by atomic mass is 9.99. The van der Waals surface area contributed by atoms with E-state index in [9.17, 15) is 35.4 Å². The van der Waals surface area contributed by atoms with Crippen LogP contribution in [-0.2, 0) is 4.74 Å². The van der Waals surface area contributed by atoms with Crippen molar-refractivity contribution in [1.29, 1.82) is 0 Å². The monoisotopic (exact) mass is 432 g/mol. The Morgan fingerprint density at radius 1 is 0.935 bits per heavy atom. The third-order valence-electron chi connectivity index (χ3n) is 5.08. The molecule has 5 atom stereocenters. The number of ether oxygens (including phenoxy) is 2. The van der Waals surface area contributed by atoms with Crippen LogP contribution in [-0.4, -0.2) is 68.0 Å². The number of aliphatic hydroxyl groups is 4. The van der Waals surface area contributed by atoms with Crippen LogP contribution in [0.5, 0.6) is 17.2 Å². The molecule has 1 aliphatic heterocycles. The maximum atomic E-state index is 12.5. The minimum atomic E-state index is -1.74. The van der Waals surface area contributed by atoms with Crippen LogP contribution in [0.2, 0.25) is 0 Å². The van der Waals surface area contributed by atoms with Crippen LogP contribution in [0.25, 0.3) is 22.3 Å². The van der Waals surface area contributed by atoms with Gasteiger partial charge in [-0.3, -0.25) is 4.79 Å². The lowest BCUT2D eigenvalue weighted by Gasteiger charge is -2.39. The van der Waals surface area contributed by atoms with Crippen molar-refractivity contribution in [3.05, 3.63) is 52.7 Å². The van der Waals surface area contributed by atoms with Gasteiger partial charge in [0.25, 0.3) is 0 Å². The van der Waals surface area contributed by atoms with E-state index in [1.54, 1.807) is 30.3 Å². The molecule has 1 aliphatic rings. The van der Waals surface area contributed by atoms with E-state index < -0.39 is 60.0 Å². The second-order valence-electron chi connectivity index (χ2n) is 7.10. The molecular weight excluding hydrogens is 412 g/mol. The zero-order chi connectivity index (χ0) is 22.3. The summed E-state index contributed by atoms with van der Waals surface area (Å²) in [6.45, 7) is -0.672. The largest absolute Gasteiger partial charge is 0.504 e. The van der Waals surface area contributed by atoms with Crippen LogP contribution in [0.15, 0.2) is 51.7 Å². The molecule has 1 unspecified atom stereocenters. The molecule has 10 heteroatoms. The van der Waals surface area contributed by atoms with E-state index in [1.807, 2.05) is 0 Å². The minimum absolute atomic E-state index is 0.110. The molecule has 0 spiro atoms. The van der Waals surface area contributed by atoms with Gasteiger partial charge in [0.1, 0.15) is 41.1 Å². The smallest absolute Gasteiger partial charge is 0.229 e. The second kappa shape index (κ2) is 8.17. The third-order valence-corrected chi connectivity index (χ3v) is 5.08. The lowest BCUT2D eigenvalue weighted by molar-refractivity contribution is -0.277. The van der Waals surface area contributed by atoms with Gasteiger partial charge >= 0.3 is 0 Å². The van der Waals surface area contributed by atoms with Gasteiger partial charge in [0, 0.05) is 17.7 Å². The van der Waals surface area contributed by atoms with Gasteiger partial charge < -0.3 is 44.5 Å². The topological polar surface area (TPSA) is 170 Å². The zero-order valence-corrected chi connectivity index (χ0v) is 16.0. The Labute approximate surface area is 174 Å². The summed E-state index contributed by atoms with van der Waals surface area (Å²) < 4.78 is 16.4. The maximum Gasteiger partial charge on any atom is 0.229 e. The summed E-state index contributed by atoms with van der Waals surface area (Å²) in [5, 5.41) is 59.6. The number of phenolic OH excluding ortho intramolecular Hbond substituents is 2. The number of hydrogen-bond donors (Lipinski definition) is 6. The Bertz CT molecular complexity index is 1140. The first kappa shape index (κ1) is 21.1. The first-order chi connectivity index (χ1) is 14.8. The summed E-state index contributed by atoms with van der Waals surface area (Å²) in [4.78, 5) is 12.5. The molecule has 31 heavy (non-hydrogen) atoms. The number of benzene rings is 2. The van der Waals surface area contributed by atoms with Gasteiger partial charge in [0.2, 0.25) is 12.0 Å². The highest BCUT2D eigenvalue weighted by Gasteiger charge is 2.45. The third kappa shape index (κ3) is 3.71. The van der Waals surface area contributed by atoms with E-state index in [0.29, 0.717) is 5.56 Å². The number of hydrogen-bond acceptors (Lipinski definition) is 10. The Morgan fingerprint density at radius 3 is 2.32 bits per heavy atom. The van der Waals surface area contributed by atoms with Crippen molar-refractivity contribution >= 4 is 11.0 Å². The van der Waals surface area contributed by atoms with Gasteiger partial charge in [0.05, 0.1) is 6.61 Å². The van der Waals surface area contributed by atoms with Gasteiger partial charge in [-0.15, -0.1) is 0 Å². The Hall–Kier alpha value is -3.15. The van der Waals surface area contributed by atoms with Crippen LogP contribution >= 0.6 is 0 Å². The molecule has 2 heterocycles. The van der Waals surface area contributed by atoms with Crippen molar-refractivity contribution in [3.63, 3.8) is 0 Å². The summed E-state index contributed by atoms with van der Waals surface area (Å²) in [6.07, 6.45) is -7.87. The first-order valence-corrected chi connectivity index (χ1v) is 9.37. The molecule has 1 saturated heterocycles. The second-order valence-corrected chi connectivity index (χ2v) is 7.10. The molecule has 0 saturated carbocycles. The molecule has 0 bridgehead atoms. The maximum absolute atomic E-state index is 12.5. The van der Waals surface area contributed by atoms with Crippen molar-refractivity contribution in [3.8, 4) is 28.6 Å². The van der Waals surface area contributed by atoms with E-state index >= 15 is 0 Å². The van der Waals surface area contributed by atoms with Crippen LogP contribution in [0.1, 0.15) is 0 Å². The Balaban J connectivity index is 1.76. The average molecular weight is 432 g/mol. The molecule has 2 aromatic carbocycles. The van der Waals surface area contributed by atoms with E-state index in [1.165, 1.54) is 6.07 Å². The van der Waals surface area contributed by atoms with E-state index in [0.717, 1.165) is 6.07 Å². The highest BCUT2D eigenvalue weighted by atomic mass is 16.7. The van der Waals surface area contributed by atoms with E-state index in [2.05, 4.69) is 0 Å². The van der Waals surface area contributed by atoms with Gasteiger partial charge in [-0.25, -0.2) is 0 Å².